The Hall–Kier alpha value is -4.47. The Bertz CT molecular complexity index is 1300. The second kappa shape index (κ2) is 12.4. The summed E-state index contributed by atoms with van der Waals surface area (Å²) < 4.78 is 22.1. The molecule has 39 heavy (non-hydrogen) atoms. The standard InChI is InChI=1S/C29H34N2O8/c1-16-14-20(8-10-22(16)36-5)25(21-9-11-23(37-6)17(2)15-21)19(4)39-29(34)18(3)30-28(33)26-27(32)24(38-7)12-13-31(26)35/h8-15,18-19,25H,1-7H3,(H2-,30,32,33,35)/p+1/t18-,19-/m0/s1. The summed E-state index contributed by atoms with van der Waals surface area (Å²) in [4.78, 5) is 25.9. The maximum atomic E-state index is 13.1. The number of rotatable bonds is 10. The second-order valence-corrected chi connectivity index (χ2v) is 9.20. The molecule has 10 heteroatoms. The number of nitrogens with one attached hydrogen (secondary N) is 1. The van der Waals surface area contributed by atoms with Gasteiger partial charge < -0.3 is 29.4 Å². The highest BCUT2D eigenvalue weighted by Gasteiger charge is 2.33. The summed E-state index contributed by atoms with van der Waals surface area (Å²) in [5.41, 5.74) is 3.21. The molecule has 3 aromatic rings. The van der Waals surface area contributed by atoms with Gasteiger partial charge in [-0.3, -0.25) is 10.0 Å². The molecule has 0 fully saturated rings. The van der Waals surface area contributed by atoms with Crippen LogP contribution in [0.4, 0.5) is 0 Å². The van der Waals surface area contributed by atoms with Gasteiger partial charge in [-0.15, -0.1) is 0 Å². The van der Waals surface area contributed by atoms with Crippen LogP contribution in [-0.4, -0.2) is 55.7 Å². The van der Waals surface area contributed by atoms with Crippen LogP contribution in [0.1, 0.15) is 52.5 Å². The van der Waals surface area contributed by atoms with Crippen molar-refractivity contribution in [2.75, 3.05) is 21.3 Å². The van der Waals surface area contributed by atoms with Gasteiger partial charge in [0.1, 0.15) is 23.6 Å². The van der Waals surface area contributed by atoms with Gasteiger partial charge in [0.05, 0.1) is 27.4 Å². The van der Waals surface area contributed by atoms with E-state index in [2.05, 4.69) is 5.32 Å². The molecular formula is C29H35N2O8+. The number of hydrogen-bond acceptors (Lipinski definition) is 8. The quantitative estimate of drug-likeness (QED) is 0.203. The molecule has 0 aliphatic carbocycles. The molecular weight excluding hydrogens is 504 g/mol. The van der Waals surface area contributed by atoms with Gasteiger partial charge in [-0.25, -0.2) is 4.79 Å². The highest BCUT2D eigenvalue weighted by atomic mass is 16.5. The topological polar surface area (TPSA) is 127 Å². The van der Waals surface area contributed by atoms with Crippen LogP contribution < -0.4 is 24.3 Å². The van der Waals surface area contributed by atoms with Gasteiger partial charge >= 0.3 is 17.6 Å². The van der Waals surface area contributed by atoms with Gasteiger partial charge in [0, 0.05) is 10.6 Å². The van der Waals surface area contributed by atoms with Crippen LogP contribution in [0.15, 0.2) is 48.7 Å². The SMILES string of the molecule is COc1ccc(C(c2ccc(OC)c(C)c2)[C@H](C)OC(=O)[C@H](C)NC(=O)c2c(O)c(OC)cc[n+]2O)cc1C. The van der Waals surface area contributed by atoms with Gasteiger partial charge in [0.15, 0.2) is 5.75 Å². The number of benzene rings is 2. The Kier molecular flexibility index (Phi) is 9.24. The van der Waals surface area contributed by atoms with Crippen LogP contribution in [0.25, 0.3) is 0 Å². The van der Waals surface area contributed by atoms with Crippen molar-refractivity contribution in [1.82, 2.24) is 5.32 Å². The Morgan fingerprint density at radius 2 is 1.36 bits per heavy atom. The molecule has 0 spiro atoms. The molecule has 208 valence electrons. The lowest BCUT2D eigenvalue weighted by Gasteiger charge is -2.27. The molecule has 0 radical (unpaired) electrons. The number of nitrogens with zero attached hydrogens (tertiary/aromatic N) is 1. The minimum absolute atomic E-state index is 0.0123. The summed E-state index contributed by atoms with van der Waals surface area (Å²) in [6.07, 6.45) is 0.502. The molecule has 0 saturated heterocycles. The average molecular weight is 540 g/mol. The lowest BCUT2D eigenvalue weighted by atomic mass is 9.85. The summed E-state index contributed by atoms with van der Waals surface area (Å²) in [5, 5.41) is 22.8. The Balaban J connectivity index is 1.87. The molecule has 1 amide bonds. The zero-order valence-electron chi connectivity index (χ0n) is 23.1. The molecule has 0 unspecified atom stereocenters. The third-order valence-corrected chi connectivity index (χ3v) is 6.52. The number of carbonyl (C=O) groups excluding carboxylic acids is 2. The minimum atomic E-state index is -1.10. The molecule has 2 atom stereocenters. The molecule has 0 bridgehead atoms. The maximum absolute atomic E-state index is 13.1. The lowest BCUT2D eigenvalue weighted by molar-refractivity contribution is -0.906. The number of pyridine rings is 1. The number of carbonyl (C=O) groups is 2. The first-order chi connectivity index (χ1) is 18.5. The average Bonchev–Trinajstić information content (AvgIpc) is 2.89. The molecule has 0 saturated carbocycles. The lowest BCUT2D eigenvalue weighted by Crippen LogP contribution is -2.47. The number of amides is 1. The van der Waals surface area contributed by atoms with E-state index in [1.54, 1.807) is 21.1 Å². The van der Waals surface area contributed by atoms with E-state index in [0.717, 1.165) is 39.9 Å². The second-order valence-electron chi connectivity index (χ2n) is 9.20. The fourth-order valence-electron chi connectivity index (χ4n) is 4.50. The number of aromatic hydroxyl groups is 1. The summed E-state index contributed by atoms with van der Waals surface area (Å²) >= 11 is 0. The van der Waals surface area contributed by atoms with Crippen molar-refractivity contribution in [3.05, 3.63) is 76.6 Å². The van der Waals surface area contributed by atoms with Crippen LogP contribution in [0.5, 0.6) is 23.0 Å². The van der Waals surface area contributed by atoms with Crippen LogP contribution in [0.2, 0.25) is 0 Å². The number of methoxy groups -OCH3 is 3. The number of aromatic nitrogens is 1. The largest absolute Gasteiger partial charge is 0.499 e. The minimum Gasteiger partial charge on any atom is -0.499 e. The fourth-order valence-corrected chi connectivity index (χ4v) is 4.50. The third kappa shape index (κ3) is 6.34. The number of esters is 1. The summed E-state index contributed by atoms with van der Waals surface area (Å²) in [7, 11) is 4.52. The van der Waals surface area contributed by atoms with Gasteiger partial charge in [0.25, 0.3) is 0 Å². The van der Waals surface area contributed by atoms with Crippen molar-refractivity contribution in [2.45, 2.75) is 45.8 Å². The molecule has 2 aromatic carbocycles. The fraction of sp³-hybridized carbons (Fsp3) is 0.345. The molecule has 3 rings (SSSR count). The van der Waals surface area contributed by atoms with E-state index in [9.17, 15) is 19.9 Å². The Labute approximate surface area is 227 Å². The molecule has 0 aliphatic heterocycles. The van der Waals surface area contributed by atoms with Crippen molar-refractivity contribution in [3.63, 3.8) is 0 Å². The van der Waals surface area contributed by atoms with Crippen molar-refractivity contribution in [3.8, 4) is 23.0 Å². The zero-order chi connectivity index (χ0) is 28.9. The normalized spacial score (nSPS) is 12.4. The van der Waals surface area contributed by atoms with Crippen molar-refractivity contribution in [2.24, 2.45) is 0 Å². The molecule has 1 heterocycles. The van der Waals surface area contributed by atoms with E-state index in [4.69, 9.17) is 18.9 Å². The molecule has 0 aliphatic rings. The zero-order valence-corrected chi connectivity index (χ0v) is 23.1. The Morgan fingerprint density at radius 3 is 1.82 bits per heavy atom. The van der Waals surface area contributed by atoms with Gasteiger partial charge in [0.2, 0.25) is 11.9 Å². The smallest absolute Gasteiger partial charge is 0.366 e. The molecule has 1 aromatic heterocycles. The van der Waals surface area contributed by atoms with E-state index in [0.29, 0.717) is 4.73 Å². The first kappa shape index (κ1) is 29.1. The first-order valence-corrected chi connectivity index (χ1v) is 12.3. The van der Waals surface area contributed by atoms with E-state index in [1.807, 2.05) is 50.2 Å². The number of hydrogen-bond donors (Lipinski definition) is 3. The highest BCUT2D eigenvalue weighted by Crippen LogP contribution is 2.35. The van der Waals surface area contributed by atoms with Gasteiger partial charge in [-0.2, -0.15) is 0 Å². The Morgan fingerprint density at radius 1 is 0.846 bits per heavy atom. The van der Waals surface area contributed by atoms with Crippen LogP contribution >= 0.6 is 0 Å². The van der Waals surface area contributed by atoms with Crippen LogP contribution in [0, 0.1) is 13.8 Å². The number of aryl methyl sites for hydroxylation is 2. The van der Waals surface area contributed by atoms with Crippen LogP contribution in [-0.2, 0) is 9.53 Å². The molecule has 3 N–H and O–H groups in total. The first-order valence-electron chi connectivity index (χ1n) is 12.3. The van der Waals surface area contributed by atoms with Crippen LogP contribution in [0.3, 0.4) is 0 Å². The number of ether oxygens (including phenoxy) is 4. The third-order valence-electron chi connectivity index (χ3n) is 6.52. The van der Waals surface area contributed by atoms with Gasteiger partial charge in [-0.05, 0) is 62.1 Å². The van der Waals surface area contributed by atoms with E-state index >= 15 is 0 Å². The predicted octanol–water partition coefficient (Wildman–Crippen LogP) is 3.44. The van der Waals surface area contributed by atoms with E-state index in [-0.39, 0.29) is 11.7 Å². The predicted molar refractivity (Wildman–Crippen MR) is 142 cm³/mol. The van der Waals surface area contributed by atoms with Crippen molar-refractivity contribution >= 4 is 11.9 Å². The van der Waals surface area contributed by atoms with Gasteiger partial charge in [-0.1, -0.05) is 24.3 Å². The monoisotopic (exact) mass is 539 g/mol. The van der Waals surface area contributed by atoms with Crippen molar-refractivity contribution in [1.29, 1.82) is 0 Å². The maximum Gasteiger partial charge on any atom is 0.366 e. The molecule has 10 nitrogen and oxygen atoms in total. The highest BCUT2D eigenvalue weighted by molar-refractivity contribution is 5.96. The summed E-state index contributed by atoms with van der Waals surface area (Å²) in [5.74, 6) is -1.02. The van der Waals surface area contributed by atoms with E-state index < -0.39 is 35.5 Å². The summed E-state index contributed by atoms with van der Waals surface area (Å²) in [6, 6.07) is 11.8. The summed E-state index contributed by atoms with van der Waals surface area (Å²) in [6.45, 7) is 7.12. The van der Waals surface area contributed by atoms with Crippen molar-refractivity contribution < 1.29 is 43.6 Å². The van der Waals surface area contributed by atoms with E-state index in [1.165, 1.54) is 20.1 Å².